The highest BCUT2D eigenvalue weighted by atomic mass is 16.3. The maximum atomic E-state index is 9.05. The Morgan fingerprint density at radius 3 is 2.45 bits per heavy atom. The predicted molar refractivity (Wildman–Crippen MR) is 45.5 cm³/mol. The molecule has 0 amide bonds. The van der Waals surface area contributed by atoms with Crippen LogP contribution in [-0.2, 0) is 0 Å². The molecule has 1 unspecified atom stereocenters. The topological polar surface area (TPSA) is 43.7 Å². The highest BCUT2D eigenvalue weighted by Crippen LogP contribution is 1.93. The lowest BCUT2D eigenvalue weighted by atomic mass is 10.3. The monoisotopic (exact) mass is 161 g/mol. The normalized spacial score (nSPS) is 13.9. The first-order valence-electron chi connectivity index (χ1n) is 4.22. The summed E-state index contributed by atoms with van der Waals surface area (Å²) in [6.07, 6.45) is 0.522. The summed E-state index contributed by atoms with van der Waals surface area (Å²) in [5.41, 5.74) is 0. The number of rotatable bonds is 6. The number of hydrogen-bond donors (Lipinski definition) is 2. The van der Waals surface area contributed by atoms with E-state index in [0.717, 1.165) is 19.5 Å². The fourth-order valence-electron chi connectivity index (χ4n) is 1.05. The molecule has 0 saturated heterocycles. The number of likely N-dealkylation sites (N-methyl/N-ethyl adjacent to an activating group) is 1. The lowest BCUT2D eigenvalue weighted by molar-refractivity contribution is 0.124. The Kier molecular flexibility index (Phi) is 6.51. The van der Waals surface area contributed by atoms with Crippen LogP contribution in [0.5, 0.6) is 0 Å². The Hall–Kier alpha value is -0.120. The number of hydrogen-bond acceptors (Lipinski definition) is 3. The van der Waals surface area contributed by atoms with E-state index >= 15 is 0 Å². The molecule has 0 rings (SSSR count). The van der Waals surface area contributed by atoms with Gasteiger partial charge in [0.2, 0.25) is 0 Å². The van der Waals surface area contributed by atoms with E-state index in [1.807, 2.05) is 0 Å². The minimum atomic E-state index is -0.270. The van der Waals surface area contributed by atoms with E-state index in [2.05, 4.69) is 11.8 Å². The molecule has 0 aliphatic heterocycles. The van der Waals surface area contributed by atoms with Crippen LogP contribution in [0.15, 0.2) is 0 Å². The summed E-state index contributed by atoms with van der Waals surface area (Å²) in [6.45, 7) is 6.58. The van der Waals surface area contributed by atoms with Crippen LogP contribution in [0.2, 0.25) is 0 Å². The third kappa shape index (κ3) is 6.28. The molecule has 0 bridgehead atoms. The van der Waals surface area contributed by atoms with Gasteiger partial charge in [-0.1, -0.05) is 6.92 Å². The first kappa shape index (κ1) is 10.9. The minimum Gasteiger partial charge on any atom is -0.396 e. The van der Waals surface area contributed by atoms with E-state index < -0.39 is 0 Å². The summed E-state index contributed by atoms with van der Waals surface area (Å²) >= 11 is 0. The molecule has 0 spiro atoms. The fourth-order valence-corrected chi connectivity index (χ4v) is 1.05. The van der Waals surface area contributed by atoms with E-state index in [1.54, 1.807) is 6.92 Å². The molecule has 0 aliphatic rings. The van der Waals surface area contributed by atoms with Crippen LogP contribution in [0, 0.1) is 0 Å². The standard InChI is InChI=1S/C8H19NO2/c1-3-9(5-4-6-10)7-8(2)11/h8,10-11H,3-7H2,1-2H3. The first-order valence-corrected chi connectivity index (χ1v) is 4.22. The molecule has 1 atom stereocenters. The van der Waals surface area contributed by atoms with E-state index in [4.69, 9.17) is 10.2 Å². The maximum Gasteiger partial charge on any atom is 0.0639 e. The summed E-state index contributed by atoms with van der Waals surface area (Å²) in [6, 6.07) is 0. The lowest BCUT2D eigenvalue weighted by Crippen LogP contribution is -2.32. The van der Waals surface area contributed by atoms with Gasteiger partial charge in [-0.2, -0.15) is 0 Å². The van der Waals surface area contributed by atoms with Crippen molar-refractivity contribution in [3.8, 4) is 0 Å². The zero-order valence-corrected chi connectivity index (χ0v) is 7.45. The second kappa shape index (κ2) is 6.58. The van der Waals surface area contributed by atoms with Gasteiger partial charge in [0.1, 0.15) is 0 Å². The third-order valence-corrected chi connectivity index (χ3v) is 1.60. The molecule has 0 aliphatic carbocycles. The number of aliphatic hydroxyl groups excluding tert-OH is 2. The second-order valence-corrected chi connectivity index (χ2v) is 2.82. The Morgan fingerprint density at radius 1 is 1.45 bits per heavy atom. The van der Waals surface area contributed by atoms with E-state index in [9.17, 15) is 0 Å². The van der Waals surface area contributed by atoms with E-state index in [-0.39, 0.29) is 12.7 Å². The van der Waals surface area contributed by atoms with Crippen LogP contribution >= 0.6 is 0 Å². The highest BCUT2D eigenvalue weighted by molar-refractivity contribution is 4.58. The van der Waals surface area contributed by atoms with Crippen molar-refractivity contribution in [1.29, 1.82) is 0 Å². The van der Waals surface area contributed by atoms with Crippen molar-refractivity contribution in [1.82, 2.24) is 4.90 Å². The van der Waals surface area contributed by atoms with Crippen LogP contribution in [-0.4, -0.2) is 47.5 Å². The van der Waals surface area contributed by atoms with Gasteiger partial charge in [0.05, 0.1) is 6.10 Å². The van der Waals surface area contributed by atoms with Crippen molar-refractivity contribution < 1.29 is 10.2 Å². The Labute approximate surface area is 68.6 Å². The van der Waals surface area contributed by atoms with Gasteiger partial charge >= 0.3 is 0 Å². The van der Waals surface area contributed by atoms with Crippen molar-refractivity contribution in [2.75, 3.05) is 26.2 Å². The van der Waals surface area contributed by atoms with Crippen molar-refractivity contribution in [2.45, 2.75) is 26.4 Å². The van der Waals surface area contributed by atoms with Gasteiger partial charge in [-0.3, -0.25) is 0 Å². The number of nitrogens with zero attached hydrogens (tertiary/aromatic N) is 1. The fraction of sp³-hybridized carbons (Fsp3) is 1.00. The van der Waals surface area contributed by atoms with Crippen molar-refractivity contribution in [3.05, 3.63) is 0 Å². The van der Waals surface area contributed by atoms with Crippen molar-refractivity contribution in [3.63, 3.8) is 0 Å². The maximum absolute atomic E-state index is 9.05. The summed E-state index contributed by atoms with van der Waals surface area (Å²) in [7, 11) is 0. The molecule has 68 valence electrons. The molecule has 0 aromatic rings. The van der Waals surface area contributed by atoms with Crippen LogP contribution in [0.1, 0.15) is 20.3 Å². The van der Waals surface area contributed by atoms with Crippen LogP contribution in [0.3, 0.4) is 0 Å². The Balaban J connectivity index is 3.41. The van der Waals surface area contributed by atoms with Gasteiger partial charge in [-0.15, -0.1) is 0 Å². The molecule has 0 radical (unpaired) electrons. The molecule has 3 heteroatoms. The SMILES string of the molecule is CCN(CCCO)CC(C)O. The van der Waals surface area contributed by atoms with Gasteiger partial charge in [0.15, 0.2) is 0 Å². The molecule has 3 nitrogen and oxygen atoms in total. The van der Waals surface area contributed by atoms with Gasteiger partial charge in [0, 0.05) is 19.7 Å². The van der Waals surface area contributed by atoms with Crippen molar-refractivity contribution >= 4 is 0 Å². The Morgan fingerprint density at radius 2 is 2.09 bits per heavy atom. The molecular weight excluding hydrogens is 142 g/mol. The molecule has 11 heavy (non-hydrogen) atoms. The quantitative estimate of drug-likeness (QED) is 0.579. The van der Waals surface area contributed by atoms with E-state index in [1.165, 1.54) is 0 Å². The summed E-state index contributed by atoms with van der Waals surface area (Å²) in [5, 5.41) is 17.6. The van der Waals surface area contributed by atoms with Crippen LogP contribution in [0.25, 0.3) is 0 Å². The van der Waals surface area contributed by atoms with Crippen molar-refractivity contribution in [2.24, 2.45) is 0 Å². The summed E-state index contributed by atoms with van der Waals surface area (Å²) in [5.74, 6) is 0. The minimum absolute atomic E-state index is 0.232. The number of aliphatic hydroxyl groups is 2. The van der Waals surface area contributed by atoms with Crippen LogP contribution in [0.4, 0.5) is 0 Å². The van der Waals surface area contributed by atoms with Gasteiger partial charge in [0.25, 0.3) is 0 Å². The van der Waals surface area contributed by atoms with Gasteiger partial charge in [-0.05, 0) is 19.9 Å². The summed E-state index contributed by atoms with van der Waals surface area (Å²) in [4.78, 5) is 2.13. The molecule has 0 aromatic carbocycles. The third-order valence-electron chi connectivity index (χ3n) is 1.60. The van der Waals surface area contributed by atoms with E-state index in [0.29, 0.717) is 6.54 Å². The predicted octanol–water partition coefficient (Wildman–Crippen LogP) is 0.0715. The molecular formula is C8H19NO2. The first-order chi connectivity index (χ1) is 5.20. The molecule has 0 saturated carbocycles. The zero-order chi connectivity index (χ0) is 8.69. The second-order valence-electron chi connectivity index (χ2n) is 2.82. The average Bonchev–Trinajstić information content (AvgIpc) is 1.97. The van der Waals surface area contributed by atoms with Crippen LogP contribution < -0.4 is 0 Å². The summed E-state index contributed by atoms with van der Waals surface area (Å²) < 4.78 is 0. The zero-order valence-electron chi connectivity index (χ0n) is 7.45. The smallest absolute Gasteiger partial charge is 0.0639 e. The van der Waals surface area contributed by atoms with Gasteiger partial charge < -0.3 is 15.1 Å². The molecule has 0 fully saturated rings. The molecule has 2 N–H and O–H groups in total. The van der Waals surface area contributed by atoms with Gasteiger partial charge in [-0.25, -0.2) is 0 Å². The largest absolute Gasteiger partial charge is 0.396 e. The highest BCUT2D eigenvalue weighted by Gasteiger charge is 2.04. The average molecular weight is 161 g/mol. The molecule has 0 heterocycles. The lowest BCUT2D eigenvalue weighted by Gasteiger charge is -2.20. The Bertz CT molecular complexity index is 86.2. The molecule has 0 aromatic heterocycles.